The molecule has 0 aromatic heterocycles. The Kier molecular flexibility index (Phi) is 5.56. The topological polar surface area (TPSA) is 131 Å². The lowest BCUT2D eigenvalue weighted by atomic mass is 10.0. The van der Waals surface area contributed by atoms with Gasteiger partial charge < -0.3 is 26.2 Å². The number of carboxylic acids is 1. The van der Waals surface area contributed by atoms with Crippen molar-refractivity contribution in [1.29, 1.82) is 0 Å². The molecule has 1 heterocycles. The zero-order chi connectivity index (χ0) is 14.4. The van der Waals surface area contributed by atoms with Gasteiger partial charge in [-0.15, -0.1) is 0 Å². The normalized spacial score (nSPS) is 24.3. The average Bonchev–Trinajstić information content (AvgIpc) is 2.27. The Morgan fingerprint density at radius 2 is 2.16 bits per heavy atom. The van der Waals surface area contributed by atoms with Gasteiger partial charge in [0.15, 0.2) is 0 Å². The van der Waals surface area contributed by atoms with Crippen molar-refractivity contribution in [2.45, 2.75) is 44.4 Å². The Labute approximate surface area is 110 Å². The summed E-state index contributed by atoms with van der Waals surface area (Å²) >= 11 is 0. The maximum Gasteiger partial charge on any atom is 0.326 e. The van der Waals surface area contributed by atoms with Crippen LogP contribution in [0.5, 0.6) is 0 Å². The largest absolute Gasteiger partial charge is 0.480 e. The van der Waals surface area contributed by atoms with Gasteiger partial charge in [0, 0.05) is 12.6 Å². The molecule has 0 radical (unpaired) electrons. The first-order chi connectivity index (χ1) is 8.88. The summed E-state index contributed by atoms with van der Waals surface area (Å²) in [4.78, 5) is 33.2. The number of hydrogen-bond donors (Lipinski definition) is 4. The maximum atomic E-state index is 11.6. The van der Waals surface area contributed by atoms with E-state index in [0.717, 1.165) is 0 Å². The van der Waals surface area contributed by atoms with Crippen LogP contribution in [0.1, 0.15) is 26.2 Å². The number of hydrogen-bond acceptors (Lipinski definition) is 4. The van der Waals surface area contributed by atoms with Gasteiger partial charge in [0.2, 0.25) is 5.91 Å². The van der Waals surface area contributed by atoms with Crippen LogP contribution in [0.25, 0.3) is 0 Å². The molecule has 2 unspecified atom stereocenters. The highest BCUT2D eigenvalue weighted by atomic mass is 16.5. The van der Waals surface area contributed by atoms with Crippen LogP contribution in [-0.2, 0) is 14.3 Å². The van der Waals surface area contributed by atoms with E-state index in [1.807, 2.05) is 6.92 Å². The highest BCUT2D eigenvalue weighted by molar-refractivity contribution is 5.87. The van der Waals surface area contributed by atoms with Crippen LogP contribution in [0, 0.1) is 0 Å². The Bertz CT molecular complexity index is 360. The Hall–Kier alpha value is -1.83. The van der Waals surface area contributed by atoms with E-state index in [2.05, 4.69) is 10.6 Å². The molecular formula is C11H19N3O5. The average molecular weight is 273 g/mol. The highest BCUT2D eigenvalue weighted by Gasteiger charge is 2.25. The van der Waals surface area contributed by atoms with Crippen molar-refractivity contribution in [1.82, 2.24) is 10.6 Å². The first-order valence-corrected chi connectivity index (χ1v) is 6.08. The van der Waals surface area contributed by atoms with Gasteiger partial charge in [-0.3, -0.25) is 4.79 Å². The number of aliphatic carboxylic acids is 1. The fourth-order valence-electron chi connectivity index (χ4n) is 1.92. The molecule has 0 bridgehead atoms. The second-order valence-electron chi connectivity index (χ2n) is 4.58. The lowest BCUT2D eigenvalue weighted by Crippen LogP contribution is -2.51. The number of urea groups is 1. The number of carbonyl (C=O) groups excluding carboxylic acids is 2. The smallest absolute Gasteiger partial charge is 0.326 e. The number of nitrogens with two attached hydrogens (primary N) is 1. The Morgan fingerprint density at radius 3 is 2.68 bits per heavy atom. The van der Waals surface area contributed by atoms with Crippen LogP contribution in [0.15, 0.2) is 0 Å². The molecule has 0 aromatic rings. The minimum Gasteiger partial charge on any atom is -0.480 e. The van der Waals surface area contributed by atoms with E-state index in [9.17, 15) is 14.4 Å². The number of ether oxygens (including phenoxy) is 1. The molecule has 0 aromatic carbocycles. The fraction of sp³-hybridized carbons (Fsp3) is 0.727. The summed E-state index contributed by atoms with van der Waals surface area (Å²) in [5.41, 5.74) is 4.92. The summed E-state index contributed by atoms with van der Waals surface area (Å²) in [5.74, 6) is -2.08. The van der Waals surface area contributed by atoms with Crippen molar-refractivity contribution >= 4 is 17.9 Å². The fourth-order valence-corrected chi connectivity index (χ4v) is 1.92. The molecule has 19 heavy (non-hydrogen) atoms. The lowest BCUT2D eigenvalue weighted by molar-refractivity contribution is -0.140. The van der Waals surface area contributed by atoms with Crippen molar-refractivity contribution < 1.29 is 24.2 Å². The van der Waals surface area contributed by atoms with E-state index in [-0.39, 0.29) is 12.1 Å². The third kappa shape index (κ3) is 5.56. The lowest BCUT2D eigenvalue weighted by Gasteiger charge is -2.28. The van der Waals surface area contributed by atoms with Crippen LogP contribution in [-0.4, -0.2) is 47.8 Å². The van der Waals surface area contributed by atoms with Gasteiger partial charge in [-0.25, -0.2) is 9.59 Å². The Balaban J connectivity index is 2.43. The summed E-state index contributed by atoms with van der Waals surface area (Å²) in [6.07, 6.45) is 0.958. The van der Waals surface area contributed by atoms with E-state index in [1.54, 1.807) is 0 Å². The SMILES string of the molecule is CC1CC(NC(=O)N[C@@H](CC(N)=O)C(=O)O)CCO1. The van der Waals surface area contributed by atoms with Crippen LogP contribution in [0.4, 0.5) is 4.79 Å². The molecule has 5 N–H and O–H groups in total. The molecule has 1 rings (SSSR count). The molecule has 0 saturated carbocycles. The zero-order valence-electron chi connectivity index (χ0n) is 10.7. The molecule has 1 saturated heterocycles. The van der Waals surface area contributed by atoms with E-state index >= 15 is 0 Å². The molecule has 108 valence electrons. The molecule has 8 heteroatoms. The zero-order valence-corrected chi connectivity index (χ0v) is 10.7. The molecular weight excluding hydrogens is 254 g/mol. The van der Waals surface area contributed by atoms with Gasteiger partial charge in [-0.2, -0.15) is 0 Å². The number of nitrogens with one attached hydrogen (secondary N) is 2. The van der Waals surface area contributed by atoms with E-state index in [0.29, 0.717) is 19.4 Å². The molecule has 1 aliphatic heterocycles. The van der Waals surface area contributed by atoms with Crippen molar-refractivity contribution in [3.05, 3.63) is 0 Å². The minimum atomic E-state index is -1.31. The summed E-state index contributed by atoms with van der Waals surface area (Å²) in [7, 11) is 0. The Morgan fingerprint density at radius 1 is 1.47 bits per heavy atom. The van der Waals surface area contributed by atoms with Gasteiger partial charge in [0.05, 0.1) is 12.5 Å². The van der Waals surface area contributed by atoms with Gasteiger partial charge in [0.1, 0.15) is 6.04 Å². The summed E-state index contributed by atoms with van der Waals surface area (Å²) in [6, 6.07) is -1.99. The van der Waals surface area contributed by atoms with Gasteiger partial charge in [-0.1, -0.05) is 0 Å². The third-order valence-corrected chi connectivity index (χ3v) is 2.83. The molecule has 0 spiro atoms. The molecule has 1 fully saturated rings. The first kappa shape index (κ1) is 15.2. The van der Waals surface area contributed by atoms with Gasteiger partial charge in [-0.05, 0) is 19.8 Å². The summed E-state index contributed by atoms with van der Waals surface area (Å²) in [5, 5.41) is 13.7. The van der Waals surface area contributed by atoms with Gasteiger partial charge >= 0.3 is 12.0 Å². The third-order valence-electron chi connectivity index (χ3n) is 2.83. The molecule has 8 nitrogen and oxygen atoms in total. The predicted octanol–water partition coefficient (Wildman–Crippen LogP) is -0.818. The second kappa shape index (κ2) is 6.93. The molecule has 3 atom stereocenters. The van der Waals surface area contributed by atoms with Crippen LogP contribution < -0.4 is 16.4 Å². The van der Waals surface area contributed by atoms with E-state index in [4.69, 9.17) is 15.6 Å². The number of carboxylic acid groups (broad SMARTS) is 1. The second-order valence-corrected chi connectivity index (χ2v) is 4.58. The van der Waals surface area contributed by atoms with Gasteiger partial charge in [0.25, 0.3) is 0 Å². The van der Waals surface area contributed by atoms with Crippen LogP contribution in [0.3, 0.4) is 0 Å². The van der Waals surface area contributed by atoms with Crippen LogP contribution >= 0.6 is 0 Å². The number of amides is 3. The van der Waals surface area contributed by atoms with E-state index in [1.165, 1.54) is 0 Å². The van der Waals surface area contributed by atoms with Crippen LogP contribution in [0.2, 0.25) is 0 Å². The van der Waals surface area contributed by atoms with Crippen molar-refractivity contribution in [2.75, 3.05) is 6.61 Å². The molecule has 3 amide bonds. The standard InChI is InChI=1S/C11H19N3O5/c1-6-4-7(2-3-19-6)13-11(18)14-8(10(16)17)5-9(12)15/h6-8H,2-5H2,1H3,(H2,12,15)(H,16,17)(H2,13,14,18)/t6?,7?,8-/m0/s1. The number of rotatable bonds is 5. The summed E-state index contributed by atoms with van der Waals surface area (Å²) in [6.45, 7) is 2.45. The number of primary amides is 1. The quantitative estimate of drug-likeness (QED) is 0.520. The highest BCUT2D eigenvalue weighted by Crippen LogP contribution is 2.12. The summed E-state index contributed by atoms with van der Waals surface area (Å²) < 4.78 is 5.33. The monoisotopic (exact) mass is 273 g/mol. The van der Waals surface area contributed by atoms with Crippen molar-refractivity contribution in [2.24, 2.45) is 5.73 Å². The molecule has 0 aliphatic carbocycles. The van der Waals surface area contributed by atoms with Crippen molar-refractivity contribution in [3.63, 3.8) is 0 Å². The number of carbonyl (C=O) groups is 3. The molecule has 1 aliphatic rings. The predicted molar refractivity (Wildman–Crippen MR) is 65.3 cm³/mol. The minimum absolute atomic E-state index is 0.0555. The first-order valence-electron chi connectivity index (χ1n) is 6.08. The van der Waals surface area contributed by atoms with Crippen molar-refractivity contribution in [3.8, 4) is 0 Å². The van der Waals surface area contributed by atoms with E-state index < -0.39 is 30.4 Å². The maximum absolute atomic E-state index is 11.6.